The second-order valence-electron chi connectivity index (χ2n) is 10.6. The van der Waals surface area contributed by atoms with Crippen molar-refractivity contribution in [1.82, 2.24) is 14.5 Å². The lowest BCUT2D eigenvalue weighted by Gasteiger charge is -2.12. The maximum Gasteiger partial charge on any atom is 0.235 e. The lowest BCUT2D eigenvalue weighted by atomic mass is 9.98. The van der Waals surface area contributed by atoms with E-state index >= 15 is 0 Å². The number of hydrogen-bond donors (Lipinski definition) is 0. The summed E-state index contributed by atoms with van der Waals surface area (Å²) in [4.78, 5) is 10.5. The van der Waals surface area contributed by atoms with Gasteiger partial charge in [-0.25, -0.2) is 9.97 Å². The van der Waals surface area contributed by atoms with Crippen LogP contribution in [0.1, 0.15) is 0 Å². The van der Waals surface area contributed by atoms with Crippen molar-refractivity contribution in [3.05, 3.63) is 115 Å². The highest BCUT2D eigenvalue weighted by Crippen LogP contribution is 2.51. The van der Waals surface area contributed by atoms with Crippen molar-refractivity contribution < 1.29 is 0 Å². The first-order valence-corrected chi connectivity index (χ1v) is 14.3. The van der Waals surface area contributed by atoms with Gasteiger partial charge in [-0.05, 0) is 46.8 Å². The highest BCUT2D eigenvalue weighted by atomic mass is 32.1. The molecule has 4 heteroatoms. The molecule has 184 valence electrons. The minimum atomic E-state index is 0.700. The Morgan fingerprint density at radius 3 is 2.17 bits per heavy atom. The first-order valence-electron chi connectivity index (χ1n) is 13.5. The van der Waals surface area contributed by atoms with Crippen molar-refractivity contribution in [2.24, 2.45) is 0 Å². The van der Waals surface area contributed by atoms with Crippen LogP contribution in [0, 0.1) is 0 Å². The Morgan fingerprint density at radius 2 is 1.25 bits per heavy atom. The van der Waals surface area contributed by atoms with E-state index in [0.29, 0.717) is 5.95 Å². The van der Waals surface area contributed by atoms with Crippen molar-refractivity contribution in [2.45, 2.75) is 0 Å². The second-order valence-corrected chi connectivity index (χ2v) is 11.7. The zero-order valence-electron chi connectivity index (χ0n) is 21.2. The Bertz CT molecular complexity index is 2540. The van der Waals surface area contributed by atoms with E-state index in [0.717, 1.165) is 33.2 Å². The van der Waals surface area contributed by atoms with E-state index in [2.05, 4.69) is 114 Å². The number of fused-ring (bicyclic) bond motifs is 2. The zero-order chi connectivity index (χ0) is 25.9. The molecule has 0 spiro atoms. The molecule has 3 heterocycles. The van der Waals surface area contributed by atoms with Crippen LogP contribution >= 0.6 is 11.3 Å². The molecule has 0 saturated heterocycles. The van der Waals surface area contributed by atoms with Crippen LogP contribution in [0.2, 0.25) is 0 Å². The minimum absolute atomic E-state index is 0.700. The molecule has 0 unspecified atom stereocenters. The third kappa shape index (κ3) is 2.50. The number of rotatable bonds is 2. The van der Waals surface area contributed by atoms with E-state index in [1.165, 1.54) is 52.8 Å². The monoisotopic (exact) mass is 525 g/mol. The van der Waals surface area contributed by atoms with Crippen LogP contribution in [0.15, 0.2) is 115 Å². The number of hydrogen-bond acceptors (Lipinski definition) is 3. The van der Waals surface area contributed by atoms with E-state index in [-0.39, 0.29) is 0 Å². The van der Waals surface area contributed by atoms with Gasteiger partial charge >= 0.3 is 0 Å². The quantitative estimate of drug-likeness (QED) is 0.225. The Balaban J connectivity index is 1.44. The maximum absolute atomic E-state index is 5.28. The maximum atomic E-state index is 5.28. The van der Waals surface area contributed by atoms with Gasteiger partial charge in [0.25, 0.3) is 0 Å². The predicted molar refractivity (Wildman–Crippen MR) is 169 cm³/mol. The fourth-order valence-electron chi connectivity index (χ4n) is 6.92. The molecule has 3 nitrogen and oxygen atoms in total. The van der Waals surface area contributed by atoms with Gasteiger partial charge in [0, 0.05) is 47.3 Å². The minimum Gasteiger partial charge on any atom is -0.278 e. The average molecular weight is 526 g/mol. The molecule has 0 saturated carbocycles. The number of thiophene rings is 1. The Kier molecular flexibility index (Phi) is 3.81. The summed E-state index contributed by atoms with van der Waals surface area (Å²) in [7, 11) is 0. The Morgan fingerprint density at radius 1 is 0.500 bits per heavy atom. The van der Waals surface area contributed by atoms with Crippen molar-refractivity contribution in [2.75, 3.05) is 0 Å². The molecule has 9 aromatic rings. The van der Waals surface area contributed by atoms with Crippen molar-refractivity contribution in [1.29, 1.82) is 0 Å². The van der Waals surface area contributed by atoms with Gasteiger partial charge in [0.2, 0.25) is 5.95 Å². The Hall–Kier alpha value is -5.06. The molecule has 0 atom stereocenters. The largest absolute Gasteiger partial charge is 0.278 e. The number of benzene rings is 6. The molecule has 3 aromatic heterocycles. The van der Waals surface area contributed by atoms with Gasteiger partial charge in [0.15, 0.2) is 0 Å². The number of para-hydroxylation sites is 1. The highest BCUT2D eigenvalue weighted by Gasteiger charge is 2.26. The van der Waals surface area contributed by atoms with E-state index in [4.69, 9.17) is 9.97 Å². The average Bonchev–Trinajstić information content (AvgIpc) is 3.52. The molecular weight excluding hydrogens is 506 g/mol. The lowest BCUT2D eigenvalue weighted by Crippen LogP contribution is -2.03. The van der Waals surface area contributed by atoms with Crippen LogP contribution in [0.5, 0.6) is 0 Å². The van der Waals surface area contributed by atoms with E-state index in [1.54, 1.807) is 0 Å². The summed E-state index contributed by atoms with van der Waals surface area (Å²) in [6.45, 7) is 0. The summed E-state index contributed by atoms with van der Waals surface area (Å²) >= 11 is 1.89. The summed E-state index contributed by atoms with van der Waals surface area (Å²) in [5.41, 5.74) is 7.85. The molecule has 0 amide bonds. The molecular formula is C36H19N3S. The fourth-order valence-corrected chi connectivity index (χ4v) is 8.06. The first kappa shape index (κ1) is 20.8. The van der Waals surface area contributed by atoms with Gasteiger partial charge in [0.1, 0.15) is 0 Å². The van der Waals surface area contributed by atoms with Crippen LogP contribution in [0.4, 0.5) is 0 Å². The van der Waals surface area contributed by atoms with Gasteiger partial charge in [-0.15, -0.1) is 11.3 Å². The molecule has 0 N–H and O–H groups in total. The molecule has 6 aromatic carbocycles. The molecule has 1 aliphatic carbocycles. The van der Waals surface area contributed by atoms with Crippen LogP contribution < -0.4 is 0 Å². The van der Waals surface area contributed by atoms with Crippen molar-refractivity contribution in [3.8, 4) is 28.3 Å². The summed E-state index contributed by atoms with van der Waals surface area (Å²) in [6.07, 6.45) is 0. The lowest BCUT2D eigenvalue weighted by molar-refractivity contribution is 1.01. The third-order valence-corrected chi connectivity index (χ3v) is 9.65. The molecule has 40 heavy (non-hydrogen) atoms. The molecule has 0 bridgehead atoms. The topological polar surface area (TPSA) is 30.7 Å². The predicted octanol–water partition coefficient (Wildman–Crippen LogP) is 9.90. The molecule has 0 fully saturated rings. The molecule has 1 aliphatic rings. The van der Waals surface area contributed by atoms with Gasteiger partial charge in [-0.1, -0.05) is 84.9 Å². The standard InChI is InChI=1S/C36H19N3S/c1-2-8-21(9-3-1)35-24-10-4-5-13-25(24)37-36(38-35)39-26-14-6-11-22-23-12-7-15-28-32(23)34-29(40-28)19-17-20-16-18-27(39)33(30(20)34)31(22)26/h1-19H. The summed E-state index contributed by atoms with van der Waals surface area (Å²) in [6, 6.07) is 41.3. The van der Waals surface area contributed by atoms with Crippen LogP contribution in [0.3, 0.4) is 0 Å². The van der Waals surface area contributed by atoms with Gasteiger partial charge in [-0.2, -0.15) is 0 Å². The van der Waals surface area contributed by atoms with Gasteiger partial charge in [0.05, 0.1) is 22.2 Å². The number of nitrogens with zero attached hydrogens (tertiary/aromatic N) is 3. The molecule has 10 rings (SSSR count). The van der Waals surface area contributed by atoms with E-state index in [1.807, 2.05) is 17.4 Å². The third-order valence-electron chi connectivity index (χ3n) is 8.53. The second kappa shape index (κ2) is 7.32. The normalized spacial score (nSPS) is 12.5. The van der Waals surface area contributed by atoms with E-state index < -0.39 is 0 Å². The summed E-state index contributed by atoms with van der Waals surface area (Å²) in [5, 5.41) is 9.00. The highest BCUT2D eigenvalue weighted by molar-refractivity contribution is 7.26. The summed E-state index contributed by atoms with van der Waals surface area (Å²) in [5.74, 6) is 0.700. The fraction of sp³-hybridized carbons (Fsp3) is 0. The van der Waals surface area contributed by atoms with E-state index in [9.17, 15) is 0 Å². The van der Waals surface area contributed by atoms with Crippen LogP contribution in [-0.4, -0.2) is 14.5 Å². The first-order chi connectivity index (χ1) is 19.8. The van der Waals surface area contributed by atoms with Crippen molar-refractivity contribution in [3.63, 3.8) is 0 Å². The van der Waals surface area contributed by atoms with Crippen LogP contribution in [-0.2, 0) is 0 Å². The smallest absolute Gasteiger partial charge is 0.235 e. The Labute approximate surface area is 232 Å². The summed E-state index contributed by atoms with van der Waals surface area (Å²) < 4.78 is 4.96. The van der Waals surface area contributed by atoms with Gasteiger partial charge in [-0.3, -0.25) is 4.57 Å². The zero-order valence-corrected chi connectivity index (χ0v) is 22.0. The number of aromatic nitrogens is 3. The van der Waals surface area contributed by atoms with Gasteiger partial charge < -0.3 is 0 Å². The van der Waals surface area contributed by atoms with Crippen LogP contribution in [0.25, 0.3) is 92.0 Å². The SMILES string of the molecule is c1ccc(-c2nc(-n3c4cccc5c4c4c6c(ccc7sc8cccc-5c8c76)ccc43)nc3ccccc23)cc1. The molecule has 0 aliphatic heterocycles. The molecule has 0 radical (unpaired) electrons. The van der Waals surface area contributed by atoms with Crippen molar-refractivity contribution >= 4 is 75.0 Å².